The van der Waals surface area contributed by atoms with Crippen LogP contribution in [0.15, 0.2) is 48.5 Å². The van der Waals surface area contributed by atoms with Crippen LogP contribution in [-0.2, 0) is 0 Å². The predicted octanol–water partition coefficient (Wildman–Crippen LogP) is 3.73. The lowest BCUT2D eigenvalue weighted by molar-refractivity contribution is 0.0962. The molecule has 0 radical (unpaired) electrons. The summed E-state index contributed by atoms with van der Waals surface area (Å²) in [7, 11) is 1.56. The van der Waals surface area contributed by atoms with Crippen LogP contribution in [0, 0.1) is 0 Å². The quantitative estimate of drug-likeness (QED) is 0.876. The Morgan fingerprint density at radius 1 is 1.08 bits per heavy atom. The van der Waals surface area contributed by atoms with Crippen LogP contribution in [0.1, 0.15) is 24.2 Å². The van der Waals surface area contributed by atoms with Gasteiger partial charge in [0.05, 0.1) is 5.69 Å². The van der Waals surface area contributed by atoms with Gasteiger partial charge in [-0.1, -0.05) is 12.1 Å². The van der Waals surface area contributed by atoms with Crippen molar-refractivity contribution in [1.82, 2.24) is 5.32 Å². The monoisotopic (exact) mass is 328 g/mol. The second-order valence-corrected chi connectivity index (χ2v) is 5.45. The van der Waals surface area contributed by atoms with E-state index in [2.05, 4.69) is 5.32 Å². The van der Waals surface area contributed by atoms with Crippen LogP contribution >= 0.6 is 0 Å². The van der Waals surface area contributed by atoms with E-state index in [1.54, 1.807) is 69.4 Å². The van der Waals surface area contributed by atoms with Crippen molar-refractivity contribution in [3.8, 4) is 11.5 Å². The molecule has 0 unspecified atom stereocenters. The number of hydrogen-bond acceptors (Lipinski definition) is 3. The Hall–Kier alpha value is -3.02. The van der Waals surface area contributed by atoms with Crippen LogP contribution < -0.4 is 15.0 Å². The lowest BCUT2D eigenvalue weighted by atomic mass is 10.2. The largest absolute Gasteiger partial charge is 0.465 e. The van der Waals surface area contributed by atoms with Crippen LogP contribution in [0.3, 0.4) is 0 Å². The molecule has 0 heterocycles. The minimum absolute atomic E-state index is 0.200. The third-order valence-electron chi connectivity index (χ3n) is 3.38. The van der Waals surface area contributed by atoms with E-state index in [9.17, 15) is 14.7 Å². The van der Waals surface area contributed by atoms with Gasteiger partial charge in [-0.3, -0.25) is 9.69 Å². The van der Waals surface area contributed by atoms with E-state index < -0.39 is 6.09 Å². The Bertz CT molecular complexity index is 743. The molecule has 6 nitrogen and oxygen atoms in total. The molecule has 2 aromatic carbocycles. The Morgan fingerprint density at radius 3 is 2.29 bits per heavy atom. The summed E-state index contributed by atoms with van der Waals surface area (Å²) in [5.41, 5.74) is 1.01. The van der Waals surface area contributed by atoms with Gasteiger partial charge >= 0.3 is 6.09 Å². The summed E-state index contributed by atoms with van der Waals surface area (Å²) < 4.78 is 5.76. The molecule has 0 saturated heterocycles. The molecule has 2 amide bonds. The van der Waals surface area contributed by atoms with Gasteiger partial charge < -0.3 is 15.2 Å². The highest BCUT2D eigenvalue weighted by atomic mass is 16.5. The number of ether oxygens (including phenoxy) is 1. The molecule has 6 heteroatoms. The fraction of sp³-hybridized carbons (Fsp3) is 0.222. The van der Waals surface area contributed by atoms with Crippen molar-refractivity contribution in [2.75, 3.05) is 11.9 Å². The molecule has 0 aliphatic heterocycles. The highest BCUT2D eigenvalue weighted by Crippen LogP contribution is 2.27. The van der Waals surface area contributed by atoms with Crippen LogP contribution in [0.25, 0.3) is 0 Å². The predicted molar refractivity (Wildman–Crippen MR) is 92.0 cm³/mol. The number of amides is 2. The number of carboxylic acid groups (broad SMARTS) is 1. The Morgan fingerprint density at radius 2 is 1.71 bits per heavy atom. The Kier molecular flexibility index (Phi) is 5.42. The van der Waals surface area contributed by atoms with E-state index in [1.807, 2.05) is 0 Å². The molecular weight excluding hydrogens is 308 g/mol. The summed E-state index contributed by atoms with van der Waals surface area (Å²) >= 11 is 0. The van der Waals surface area contributed by atoms with E-state index in [-0.39, 0.29) is 11.9 Å². The topological polar surface area (TPSA) is 78.9 Å². The fourth-order valence-corrected chi connectivity index (χ4v) is 2.31. The first-order valence-electron chi connectivity index (χ1n) is 7.54. The third-order valence-corrected chi connectivity index (χ3v) is 3.38. The van der Waals surface area contributed by atoms with Crippen molar-refractivity contribution in [2.24, 2.45) is 0 Å². The van der Waals surface area contributed by atoms with Crippen LogP contribution in [0.5, 0.6) is 11.5 Å². The summed E-state index contributed by atoms with van der Waals surface area (Å²) in [6.07, 6.45) is -1.02. The molecule has 2 rings (SSSR count). The number of hydrogen-bond donors (Lipinski definition) is 2. The average molecular weight is 328 g/mol. The van der Waals surface area contributed by atoms with E-state index in [1.165, 1.54) is 4.90 Å². The summed E-state index contributed by atoms with van der Waals surface area (Å²) in [6, 6.07) is 13.4. The first kappa shape index (κ1) is 17.3. The van der Waals surface area contributed by atoms with Gasteiger partial charge in [-0.2, -0.15) is 0 Å². The van der Waals surface area contributed by atoms with E-state index in [4.69, 9.17) is 4.74 Å². The summed E-state index contributed by atoms with van der Waals surface area (Å²) in [5, 5.41) is 11.9. The van der Waals surface area contributed by atoms with Crippen molar-refractivity contribution in [3.05, 3.63) is 54.1 Å². The van der Waals surface area contributed by atoms with Gasteiger partial charge in [-0.15, -0.1) is 0 Å². The van der Waals surface area contributed by atoms with E-state index in [0.717, 1.165) is 0 Å². The molecule has 0 aromatic heterocycles. The SMILES string of the molecule is CNC(=O)c1cccc(Oc2cccc(N(C(=O)O)C(C)C)c2)c1. The highest BCUT2D eigenvalue weighted by molar-refractivity contribution is 5.94. The molecule has 0 atom stereocenters. The standard InChI is InChI=1S/C18H20N2O4/c1-12(2)20(18(22)23)14-7-5-9-16(11-14)24-15-8-4-6-13(10-15)17(21)19-3/h4-12H,1-3H3,(H,19,21)(H,22,23). The molecule has 24 heavy (non-hydrogen) atoms. The van der Waals surface area contributed by atoms with Crippen LogP contribution in [-0.4, -0.2) is 30.2 Å². The summed E-state index contributed by atoms with van der Waals surface area (Å²) in [4.78, 5) is 24.3. The number of benzene rings is 2. The number of nitrogens with zero attached hydrogens (tertiary/aromatic N) is 1. The molecule has 0 aliphatic rings. The maximum Gasteiger partial charge on any atom is 0.412 e. The minimum atomic E-state index is -1.02. The molecular formula is C18H20N2O4. The minimum Gasteiger partial charge on any atom is -0.465 e. The van der Waals surface area contributed by atoms with Crippen molar-refractivity contribution in [3.63, 3.8) is 0 Å². The zero-order valence-corrected chi connectivity index (χ0v) is 13.8. The van der Waals surface area contributed by atoms with E-state index in [0.29, 0.717) is 22.7 Å². The molecule has 0 aliphatic carbocycles. The second-order valence-electron chi connectivity index (χ2n) is 5.45. The summed E-state index contributed by atoms with van der Waals surface area (Å²) in [5.74, 6) is 0.791. The molecule has 0 bridgehead atoms. The third kappa shape index (κ3) is 4.04. The Balaban J connectivity index is 2.27. The van der Waals surface area contributed by atoms with Gasteiger partial charge in [-0.25, -0.2) is 4.79 Å². The maximum atomic E-state index is 11.7. The van der Waals surface area contributed by atoms with Gasteiger partial charge in [0.25, 0.3) is 5.91 Å². The molecule has 2 N–H and O–H groups in total. The number of nitrogens with one attached hydrogen (secondary N) is 1. The average Bonchev–Trinajstić information content (AvgIpc) is 2.54. The normalized spacial score (nSPS) is 10.3. The maximum absolute atomic E-state index is 11.7. The number of rotatable bonds is 5. The molecule has 0 saturated carbocycles. The number of carbonyl (C=O) groups is 2. The first-order chi connectivity index (χ1) is 11.4. The van der Waals surface area contributed by atoms with Crippen molar-refractivity contribution < 1.29 is 19.4 Å². The zero-order valence-electron chi connectivity index (χ0n) is 13.8. The van der Waals surface area contributed by atoms with Crippen molar-refractivity contribution in [1.29, 1.82) is 0 Å². The summed E-state index contributed by atoms with van der Waals surface area (Å²) in [6.45, 7) is 3.60. The smallest absolute Gasteiger partial charge is 0.412 e. The molecule has 0 spiro atoms. The molecule has 0 fully saturated rings. The van der Waals surface area contributed by atoms with Crippen molar-refractivity contribution >= 4 is 17.7 Å². The lowest BCUT2D eigenvalue weighted by Crippen LogP contribution is -2.35. The van der Waals surface area contributed by atoms with Crippen LogP contribution in [0.4, 0.5) is 10.5 Å². The lowest BCUT2D eigenvalue weighted by Gasteiger charge is -2.23. The highest BCUT2D eigenvalue weighted by Gasteiger charge is 2.18. The molecule has 126 valence electrons. The Labute approximate surface area is 140 Å². The number of anilines is 1. The van der Waals surface area contributed by atoms with E-state index >= 15 is 0 Å². The second kappa shape index (κ2) is 7.50. The zero-order chi connectivity index (χ0) is 17.7. The van der Waals surface area contributed by atoms with Gasteiger partial charge in [-0.05, 0) is 44.2 Å². The number of carbonyl (C=O) groups excluding carboxylic acids is 1. The fourth-order valence-electron chi connectivity index (χ4n) is 2.31. The first-order valence-corrected chi connectivity index (χ1v) is 7.54. The van der Waals surface area contributed by atoms with Crippen LogP contribution in [0.2, 0.25) is 0 Å². The van der Waals surface area contributed by atoms with Gasteiger partial charge in [0.1, 0.15) is 11.5 Å². The van der Waals surface area contributed by atoms with Gasteiger partial charge in [0, 0.05) is 24.7 Å². The van der Waals surface area contributed by atoms with Crippen molar-refractivity contribution in [2.45, 2.75) is 19.9 Å². The van der Waals surface area contributed by atoms with Gasteiger partial charge in [0.15, 0.2) is 0 Å². The molecule has 2 aromatic rings. The van der Waals surface area contributed by atoms with Gasteiger partial charge in [0.2, 0.25) is 0 Å².